The first-order chi connectivity index (χ1) is 14.2. The van der Waals surface area contributed by atoms with E-state index in [0.29, 0.717) is 6.54 Å². The summed E-state index contributed by atoms with van der Waals surface area (Å²) in [4.78, 5) is 9.37. The largest absolute Gasteiger partial charge is 0.368 e. The second-order valence-electron chi connectivity index (χ2n) is 6.98. The van der Waals surface area contributed by atoms with Crippen LogP contribution in [0.1, 0.15) is 12.7 Å². The second kappa shape index (κ2) is 10.6. The van der Waals surface area contributed by atoms with Gasteiger partial charge in [0.15, 0.2) is 11.6 Å². The number of aromatic nitrogens is 3. The van der Waals surface area contributed by atoms with Crippen LogP contribution in [0, 0.1) is 5.82 Å². The minimum Gasteiger partial charge on any atom is -0.368 e. The lowest BCUT2D eigenvalue weighted by molar-refractivity contribution is 0.372. The highest BCUT2D eigenvalue weighted by molar-refractivity contribution is 14.0. The lowest BCUT2D eigenvalue weighted by atomic mass is 10.2. The van der Waals surface area contributed by atoms with E-state index in [1.807, 2.05) is 40.9 Å². The van der Waals surface area contributed by atoms with Gasteiger partial charge in [0, 0.05) is 57.6 Å². The molecule has 0 aliphatic carbocycles. The van der Waals surface area contributed by atoms with Crippen molar-refractivity contribution >= 4 is 41.3 Å². The molecule has 0 amide bonds. The molecule has 1 aliphatic rings. The Bertz CT molecular complexity index is 965. The van der Waals surface area contributed by atoms with Gasteiger partial charge in [0.1, 0.15) is 11.6 Å². The molecular weight excluding hydrogens is 496 g/mol. The molecule has 7 nitrogen and oxygen atoms in total. The predicted molar refractivity (Wildman–Crippen MR) is 128 cm³/mol. The van der Waals surface area contributed by atoms with E-state index in [4.69, 9.17) is 4.99 Å². The van der Waals surface area contributed by atoms with Crippen molar-refractivity contribution in [1.29, 1.82) is 0 Å². The Hall–Kier alpha value is -2.43. The van der Waals surface area contributed by atoms with E-state index >= 15 is 0 Å². The van der Waals surface area contributed by atoms with Gasteiger partial charge in [-0.3, -0.25) is 9.39 Å². The van der Waals surface area contributed by atoms with Crippen molar-refractivity contribution in [1.82, 2.24) is 24.8 Å². The molecule has 30 heavy (non-hydrogen) atoms. The van der Waals surface area contributed by atoms with E-state index in [1.54, 1.807) is 0 Å². The number of anilines is 1. The zero-order valence-corrected chi connectivity index (χ0v) is 19.4. The summed E-state index contributed by atoms with van der Waals surface area (Å²) < 4.78 is 15.2. The number of pyridine rings is 1. The van der Waals surface area contributed by atoms with Crippen LogP contribution in [-0.4, -0.2) is 64.7 Å². The summed E-state index contributed by atoms with van der Waals surface area (Å²) in [6.07, 6.45) is 2.71. The summed E-state index contributed by atoms with van der Waals surface area (Å²) >= 11 is 0. The Morgan fingerprint density at radius 3 is 2.57 bits per heavy atom. The third-order valence-electron chi connectivity index (χ3n) is 5.09. The number of rotatable bonds is 5. The molecule has 0 unspecified atom stereocenters. The van der Waals surface area contributed by atoms with Crippen LogP contribution < -0.4 is 10.2 Å². The number of benzene rings is 1. The first-order valence-electron chi connectivity index (χ1n) is 10.1. The number of hydrogen-bond acceptors (Lipinski definition) is 4. The summed E-state index contributed by atoms with van der Waals surface area (Å²) in [6.45, 7) is 7.06. The average molecular weight is 523 g/mol. The fourth-order valence-corrected chi connectivity index (χ4v) is 3.58. The van der Waals surface area contributed by atoms with Gasteiger partial charge in [0.2, 0.25) is 0 Å². The van der Waals surface area contributed by atoms with Gasteiger partial charge in [-0.15, -0.1) is 34.2 Å². The van der Waals surface area contributed by atoms with E-state index in [0.717, 1.165) is 62.3 Å². The Kier molecular flexibility index (Phi) is 7.83. The lowest BCUT2D eigenvalue weighted by Crippen LogP contribution is -2.52. The van der Waals surface area contributed by atoms with Crippen LogP contribution >= 0.6 is 24.0 Å². The molecule has 1 aliphatic heterocycles. The fourth-order valence-electron chi connectivity index (χ4n) is 3.58. The molecule has 160 valence electrons. The van der Waals surface area contributed by atoms with Crippen molar-refractivity contribution in [2.75, 3.05) is 44.2 Å². The first kappa shape index (κ1) is 22.3. The van der Waals surface area contributed by atoms with E-state index in [2.05, 4.69) is 32.2 Å². The van der Waals surface area contributed by atoms with Crippen molar-refractivity contribution in [3.63, 3.8) is 0 Å². The van der Waals surface area contributed by atoms with E-state index < -0.39 is 0 Å². The predicted octanol–water partition coefficient (Wildman–Crippen LogP) is 2.82. The van der Waals surface area contributed by atoms with Crippen molar-refractivity contribution in [2.24, 2.45) is 4.99 Å². The fraction of sp³-hybridized carbons (Fsp3) is 0.381. The van der Waals surface area contributed by atoms with Gasteiger partial charge >= 0.3 is 0 Å². The summed E-state index contributed by atoms with van der Waals surface area (Å²) in [5.74, 6) is 1.65. The number of nitrogens with zero attached hydrogens (tertiary/aromatic N) is 6. The van der Waals surface area contributed by atoms with Crippen molar-refractivity contribution in [3.8, 4) is 0 Å². The molecule has 4 rings (SSSR count). The summed E-state index contributed by atoms with van der Waals surface area (Å²) in [5, 5.41) is 11.9. The van der Waals surface area contributed by atoms with Crippen LogP contribution in [0.2, 0.25) is 0 Å². The van der Waals surface area contributed by atoms with Crippen LogP contribution in [0.4, 0.5) is 10.1 Å². The Morgan fingerprint density at radius 2 is 1.83 bits per heavy atom. The quantitative estimate of drug-likeness (QED) is 0.317. The third-order valence-corrected chi connectivity index (χ3v) is 5.09. The van der Waals surface area contributed by atoms with Gasteiger partial charge in [-0.25, -0.2) is 4.39 Å². The minimum absolute atomic E-state index is 0. The highest BCUT2D eigenvalue weighted by Crippen LogP contribution is 2.17. The van der Waals surface area contributed by atoms with Crippen molar-refractivity contribution < 1.29 is 4.39 Å². The zero-order chi connectivity index (χ0) is 20.1. The second-order valence-corrected chi connectivity index (χ2v) is 6.98. The van der Waals surface area contributed by atoms with Gasteiger partial charge in [0.25, 0.3) is 0 Å². The molecule has 0 bridgehead atoms. The van der Waals surface area contributed by atoms with Gasteiger partial charge in [-0.1, -0.05) is 6.07 Å². The Labute approximate surface area is 193 Å². The molecule has 9 heteroatoms. The maximum atomic E-state index is 13.2. The van der Waals surface area contributed by atoms with E-state index in [1.165, 1.54) is 12.1 Å². The maximum absolute atomic E-state index is 13.2. The molecule has 1 fully saturated rings. The van der Waals surface area contributed by atoms with Crippen molar-refractivity contribution in [2.45, 2.75) is 13.3 Å². The normalized spacial score (nSPS) is 14.7. The highest BCUT2D eigenvalue weighted by Gasteiger charge is 2.20. The minimum atomic E-state index is -0.200. The number of guanidine groups is 1. The molecule has 3 heterocycles. The molecule has 1 N–H and O–H groups in total. The molecular formula is C21H27FIN7. The number of piperazine rings is 1. The number of fused-ring (bicyclic) bond motifs is 1. The lowest BCUT2D eigenvalue weighted by Gasteiger charge is -2.37. The number of aliphatic imine (C=N–C) groups is 1. The molecule has 1 saturated heterocycles. The highest BCUT2D eigenvalue weighted by atomic mass is 127. The molecule has 0 saturated carbocycles. The standard InChI is InChI=1S/C21H26FN7.HI/c1-2-23-21(24-11-10-20-26-25-19-5-3-4-12-29(19)20)28-15-13-27(14-16-28)18-8-6-17(22)7-9-18;/h3-9,12H,2,10-11,13-16H2,1H3,(H,23,24);1H. The third kappa shape index (κ3) is 5.18. The zero-order valence-electron chi connectivity index (χ0n) is 17.0. The van der Waals surface area contributed by atoms with Crippen LogP contribution in [-0.2, 0) is 6.42 Å². The molecule has 0 radical (unpaired) electrons. The van der Waals surface area contributed by atoms with Gasteiger partial charge < -0.3 is 15.1 Å². The maximum Gasteiger partial charge on any atom is 0.194 e. The van der Waals surface area contributed by atoms with Gasteiger partial charge in [0.05, 0.1) is 0 Å². The van der Waals surface area contributed by atoms with Crippen LogP contribution in [0.25, 0.3) is 5.65 Å². The number of halogens is 2. The Morgan fingerprint density at radius 1 is 1.07 bits per heavy atom. The monoisotopic (exact) mass is 523 g/mol. The van der Waals surface area contributed by atoms with Gasteiger partial charge in [-0.2, -0.15) is 0 Å². The molecule has 0 atom stereocenters. The molecule has 3 aromatic rings. The van der Waals surface area contributed by atoms with E-state index in [9.17, 15) is 4.39 Å². The molecule has 2 aromatic heterocycles. The topological polar surface area (TPSA) is 61.1 Å². The smallest absolute Gasteiger partial charge is 0.194 e. The summed E-state index contributed by atoms with van der Waals surface area (Å²) in [6, 6.07) is 12.6. The molecule has 0 spiro atoms. The SMILES string of the molecule is CCNC(=NCCc1nnc2ccccn12)N1CCN(c2ccc(F)cc2)CC1.I. The first-order valence-corrected chi connectivity index (χ1v) is 10.1. The number of hydrogen-bond donors (Lipinski definition) is 1. The average Bonchev–Trinajstić information content (AvgIpc) is 3.17. The summed E-state index contributed by atoms with van der Waals surface area (Å²) in [5.41, 5.74) is 1.92. The molecule has 1 aromatic carbocycles. The van der Waals surface area contributed by atoms with Crippen LogP contribution in [0.5, 0.6) is 0 Å². The van der Waals surface area contributed by atoms with E-state index in [-0.39, 0.29) is 29.8 Å². The Balaban J connectivity index is 0.00000256. The van der Waals surface area contributed by atoms with Crippen LogP contribution in [0.15, 0.2) is 53.7 Å². The summed E-state index contributed by atoms with van der Waals surface area (Å²) in [7, 11) is 0. The van der Waals surface area contributed by atoms with Crippen LogP contribution in [0.3, 0.4) is 0 Å². The number of nitrogens with one attached hydrogen (secondary N) is 1. The van der Waals surface area contributed by atoms with Gasteiger partial charge in [-0.05, 0) is 43.3 Å². The van der Waals surface area contributed by atoms with Crippen molar-refractivity contribution in [3.05, 3.63) is 60.3 Å².